The fraction of sp³-hybridized carbons (Fsp3) is 0.294. The molecule has 0 unspecified atom stereocenters. The summed E-state index contributed by atoms with van der Waals surface area (Å²) in [6.07, 6.45) is 0. The normalized spacial score (nSPS) is 14.5. The van der Waals surface area contributed by atoms with Crippen LogP contribution in [0.25, 0.3) is 0 Å². The van der Waals surface area contributed by atoms with E-state index in [2.05, 4.69) is 12.1 Å². The SMILES string of the molecule is CC.COc1ccc(C)cc1C1C(C#N)=C(N)SC(N)=C1C#N. The molecule has 1 aliphatic heterocycles. The summed E-state index contributed by atoms with van der Waals surface area (Å²) in [7, 11) is 1.55. The summed E-state index contributed by atoms with van der Waals surface area (Å²) in [4.78, 5) is 0. The molecule has 6 heteroatoms. The fourth-order valence-electron chi connectivity index (χ4n) is 2.29. The van der Waals surface area contributed by atoms with E-state index in [-0.39, 0.29) is 0 Å². The zero-order valence-electron chi connectivity index (χ0n) is 13.7. The summed E-state index contributed by atoms with van der Waals surface area (Å²) in [5.41, 5.74) is 14.2. The number of nitrogens with two attached hydrogens (primary N) is 2. The molecule has 120 valence electrons. The first-order chi connectivity index (χ1) is 11.0. The van der Waals surface area contributed by atoms with Crippen molar-refractivity contribution in [2.75, 3.05) is 7.11 Å². The average molecular weight is 328 g/mol. The lowest BCUT2D eigenvalue weighted by atomic mass is 9.84. The minimum Gasteiger partial charge on any atom is -0.496 e. The van der Waals surface area contributed by atoms with E-state index < -0.39 is 5.92 Å². The van der Waals surface area contributed by atoms with Crippen LogP contribution in [-0.2, 0) is 0 Å². The first-order valence-electron chi connectivity index (χ1n) is 7.15. The Kier molecular flexibility index (Phi) is 6.56. The molecule has 2 rings (SSSR count). The van der Waals surface area contributed by atoms with Gasteiger partial charge in [-0.3, -0.25) is 0 Å². The molecule has 1 heterocycles. The maximum Gasteiger partial charge on any atom is 0.123 e. The molecular formula is C17H20N4OS. The summed E-state index contributed by atoms with van der Waals surface area (Å²) in [5, 5.41) is 19.5. The highest BCUT2D eigenvalue weighted by Gasteiger charge is 2.33. The lowest BCUT2D eigenvalue weighted by molar-refractivity contribution is 0.409. The van der Waals surface area contributed by atoms with E-state index in [1.54, 1.807) is 7.11 Å². The molecule has 23 heavy (non-hydrogen) atoms. The smallest absolute Gasteiger partial charge is 0.123 e. The second-order valence-electron chi connectivity index (χ2n) is 4.56. The van der Waals surface area contributed by atoms with Crippen molar-refractivity contribution >= 4 is 11.8 Å². The second-order valence-corrected chi connectivity index (χ2v) is 5.64. The Balaban J connectivity index is 0.00000127. The molecule has 1 aromatic carbocycles. The van der Waals surface area contributed by atoms with Crippen LogP contribution in [0.3, 0.4) is 0 Å². The Morgan fingerprint density at radius 1 is 1.09 bits per heavy atom. The van der Waals surface area contributed by atoms with Gasteiger partial charge < -0.3 is 16.2 Å². The molecule has 5 nitrogen and oxygen atoms in total. The van der Waals surface area contributed by atoms with Crippen LogP contribution in [0.2, 0.25) is 0 Å². The van der Waals surface area contributed by atoms with E-state index in [1.165, 1.54) is 0 Å². The lowest BCUT2D eigenvalue weighted by Gasteiger charge is -2.25. The molecule has 0 amide bonds. The van der Waals surface area contributed by atoms with Gasteiger partial charge in [0.25, 0.3) is 0 Å². The van der Waals surface area contributed by atoms with Gasteiger partial charge in [-0.05, 0) is 13.0 Å². The Morgan fingerprint density at radius 2 is 1.61 bits per heavy atom. The van der Waals surface area contributed by atoms with Crippen molar-refractivity contribution in [3.63, 3.8) is 0 Å². The van der Waals surface area contributed by atoms with E-state index >= 15 is 0 Å². The average Bonchev–Trinajstić information content (AvgIpc) is 2.56. The number of methoxy groups -OCH3 is 1. The zero-order chi connectivity index (χ0) is 17.6. The van der Waals surface area contributed by atoms with Gasteiger partial charge in [0, 0.05) is 5.56 Å². The third-order valence-electron chi connectivity index (χ3n) is 3.27. The lowest BCUT2D eigenvalue weighted by Crippen LogP contribution is -2.19. The van der Waals surface area contributed by atoms with Gasteiger partial charge in [-0.15, -0.1) is 0 Å². The molecule has 0 aliphatic carbocycles. The molecule has 0 saturated heterocycles. The highest BCUT2D eigenvalue weighted by atomic mass is 32.2. The predicted molar refractivity (Wildman–Crippen MR) is 93.1 cm³/mol. The van der Waals surface area contributed by atoms with Crippen LogP contribution in [0.1, 0.15) is 30.9 Å². The monoisotopic (exact) mass is 328 g/mol. The van der Waals surface area contributed by atoms with Crippen LogP contribution >= 0.6 is 11.8 Å². The zero-order valence-corrected chi connectivity index (χ0v) is 14.5. The van der Waals surface area contributed by atoms with E-state index in [0.717, 1.165) is 22.9 Å². The van der Waals surface area contributed by atoms with Gasteiger partial charge in [0.2, 0.25) is 0 Å². The van der Waals surface area contributed by atoms with Gasteiger partial charge in [0.05, 0.1) is 46.4 Å². The van der Waals surface area contributed by atoms with Gasteiger partial charge in [0.1, 0.15) is 5.75 Å². The topological polar surface area (TPSA) is 109 Å². The van der Waals surface area contributed by atoms with Gasteiger partial charge in [0.15, 0.2) is 0 Å². The molecule has 0 aromatic heterocycles. The van der Waals surface area contributed by atoms with Crippen LogP contribution in [0.4, 0.5) is 0 Å². The number of rotatable bonds is 2. The maximum absolute atomic E-state index is 9.41. The number of benzene rings is 1. The molecule has 0 radical (unpaired) electrons. The number of thioether (sulfide) groups is 1. The van der Waals surface area contributed by atoms with Crippen LogP contribution < -0.4 is 16.2 Å². The van der Waals surface area contributed by atoms with E-state index in [0.29, 0.717) is 27.0 Å². The summed E-state index contributed by atoms with van der Waals surface area (Å²) >= 11 is 1.05. The Morgan fingerprint density at radius 3 is 2.04 bits per heavy atom. The Labute approximate surface area is 141 Å². The predicted octanol–water partition coefficient (Wildman–Crippen LogP) is 3.25. The maximum atomic E-state index is 9.41. The largest absolute Gasteiger partial charge is 0.496 e. The second kappa shape index (κ2) is 8.17. The van der Waals surface area contributed by atoms with Gasteiger partial charge in [-0.25, -0.2) is 0 Å². The number of ether oxygens (including phenoxy) is 1. The van der Waals surface area contributed by atoms with E-state index in [9.17, 15) is 10.5 Å². The van der Waals surface area contributed by atoms with Crippen LogP contribution in [0, 0.1) is 29.6 Å². The van der Waals surface area contributed by atoms with Gasteiger partial charge >= 0.3 is 0 Å². The highest BCUT2D eigenvalue weighted by Crippen LogP contribution is 2.45. The van der Waals surface area contributed by atoms with Crippen LogP contribution in [0.5, 0.6) is 5.75 Å². The molecular weight excluding hydrogens is 308 g/mol. The van der Waals surface area contributed by atoms with Crippen molar-refractivity contribution < 1.29 is 4.74 Å². The highest BCUT2D eigenvalue weighted by molar-refractivity contribution is 8.06. The molecule has 0 saturated carbocycles. The van der Waals surface area contributed by atoms with Crippen LogP contribution in [-0.4, -0.2) is 7.11 Å². The number of hydrogen-bond donors (Lipinski definition) is 2. The van der Waals surface area contributed by atoms with Crippen molar-refractivity contribution in [2.45, 2.75) is 26.7 Å². The van der Waals surface area contributed by atoms with E-state index in [1.807, 2.05) is 39.0 Å². The third kappa shape index (κ3) is 3.61. The molecule has 1 aliphatic rings. The molecule has 0 atom stereocenters. The summed E-state index contributed by atoms with van der Waals surface area (Å²) in [6.45, 7) is 5.93. The molecule has 1 aromatic rings. The van der Waals surface area contributed by atoms with Gasteiger partial charge in [-0.1, -0.05) is 43.3 Å². The summed E-state index contributed by atoms with van der Waals surface area (Å²) in [5.74, 6) is 0.00898. The number of hydrogen-bond acceptors (Lipinski definition) is 6. The first-order valence-corrected chi connectivity index (χ1v) is 7.97. The summed E-state index contributed by atoms with van der Waals surface area (Å²) < 4.78 is 5.36. The molecule has 4 N–H and O–H groups in total. The number of allylic oxidation sites excluding steroid dienone is 2. The quantitative estimate of drug-likeness (QED) is 0.862. The minimum atomic E-state index is -0.587. The molecule has 0 bridgehead atoms. The van der Waals surface area contributed by atoms with Crippen molar-refractivity contribution in [1.82, 2.24) is 0 Å². The van der Waals surface area contributed by atoms with Crippen molar-refractivity contribution in [3.8, 4) is 17.9 Å². The minimum absolute atomic E-state index is 0.322. The van der Waals surface area contributed by atoms with E-state index in [4.69, 9.17) is 16.2 Å². The van der Waals surface area contributed by atoms with Gasteiger partial charge in [-0.2, -0.15) is 10.5 Å². The van der Waals surface area contributed by atoms with Crippen LogP contribution in [0.15, 0.2) is 39.4 Å². The number of nitriles is 2. The number of aryl methyl sites for hydroxylation is 1. The Bertz CT molecular complexity index is 702. The molecule has 0 spiro atoms. The standard InChI is InChI=1S/C15H14N4OS.C2H6/c1-8-3-4-12(20-2)9(5-8)13-10(6-16)14(18)21-15(19)11(13)7-17;1-2/h3-5,13H,18-19H2,1-2H3;1-2H3. The Hall–Kier alpha value is -2.57. The fourth-order valence-corrected chi connectivity index (χ4v) is 3.07. The number of nitrogens with zero attached hydrogens (tertiary/aromatic N) is 2. The third-order valence-corrected chi connectivity index (χ3v) is 4.14. The van der Waals surface area contributed by atoms with Crippen molar-refractivity contribution in [2.24, 2.45) is 11.5 Å². The first kappa shape index (κ1) is 18.5. The van der Waals surface area contributed by atoms with Crippen molar-refractivity contribution in [3.05, 3.63) is 50.5 Å². The molecule has 0 fully saturated rings. The summed E-state index contributed by atoms with van der Waals surface area (Å²) in [6, 6.07) is 9.78. The van der Waals surface area contributed by atoms with Crippen molar-refractivity contribution in [1.29, 1.82) is 10.5 Å².